The van der Waals surface area contributed by atoms with Gasteiger partial charge in [-0.2, -0.15) is 0 Å². The van der Waals surface area contributed by atoms with Gasteiger partial charge in [-0.15, -0.1) is 0 Å². The second-order valence-electron chi connectivity index (χ2n) is 4.62. The summed E-state index contributed by atoms with van der Waals surface area (Å²) in [6, 6.07) is 18.8. The van der Waals surface area contributed by atoms with Crippen molar-refractivity contribution in [1.29, 1.82) is 0 Å². The van der Waals surface area contributed by atoms with Crippen molar-refractivity contribution >= 4 is 5.69 Å². The Bertz CT molecular complexity index is 482. The van der Waals surface area contributed by atoms with Crippen molar-refractivity contribution in [2.24, 2.45) is 0 Å². The van der Waals surface area contributed by atoms with Crippen molar-refractivity contribution in [3.05, 3.63) is 54.6 Å². The average Bonchev–Trinajstić information content (AvgIpc) is 2.48. The molecule has 0 saturated carbocycles. The van der Waals surface area contributed by atoms with Crippen LogP contribution in [0.15, 0.2) is 54.6 Å². The number of anilines is 1. The number of nitrogens with one attached hydrogen (secondary N) is 1. The zero-order chi connectivity index (χ0) is 13.3. The van der Waals surface area contributed by atoms with Crippen LogP contribution in [0, 0.1) is 0 Å². The third-order valence-electron chi connectivity index (χ3n) is 3.16. The first kappa shape index (κ1) is 13.6. The molecule has 2 aromatic carbocycles. The molecule has 2 aromatic rings. The molecule has 0 aliphatic carbocycles. The molecule has 0 saturated heterocycles. The molecule has 2 rings (SSSR count). The standard InChI is InChI=1S/C17H21NO/c19-14-8-2-7-13-18-17-12-6-5-11-16(17)15-9-3-1-4-10-15/h1,3-6,9-12,18-19H,2,7-8,13-14H2. The number of aliphatic hydroxyl groups is 1. The highest BCUT2D eigenvalue weighted by Gasteiger charge is 2.02. The summed E-state index contributed by atoms with van der Waals surface area (Å²) in [6.07, 6.45) is 3.04. The van der Waals surface area contributed by atoms with Crippen LogP contribution in [0.3, 0.4) is 0 Å². The van der Waals surface area contributed by atoms with Crippen LogP contribution in [0.1, 0.15) is 19.3 Å². The van der Waals surface area contributed by atoms with E-state index in [1.807, 2.05) is 6.07 Å². The number of hydrogen-bond donors (Lipinski definition) is 2. The van der Waals surface area contributed by atoms with Crippen molar-refractivity contribution < 1.29 is 5.11 Å². The molecule has 0 atom stereocenters. The van der Waals surface area contributed by atoms with Gasteiger partial charge in [0.15, 0.2) is 0 Å². The highest BCUT2D eigenvalue weighted by atomic mass is 16.2. The minimum Gasteiger partial charge on any atom is -0.396 e. The Hall–Kier alpha value is -1.80. The molecule has 0 aromatic heterocycles. The van der Waals surface area contributed by atoms with E-state index in [0.29, 0.717) is 6.61 Å². The van der Waals surface area contributed by atoms with Gasteiger partial charge in [0, 0.05) is 24.4 Å². The average molecular weight is 255 g/mol. The van der Waals surface area contributed by atoms with E-state index in [-0.39, 0.29) is 0 Å². The largest absolute Gasteiger partial charge is 0.396 e. The smallest absolute Gasteiger partial charge is 0.0431 e. The van der Waals surface area contributed by atoms with Gasteiger partial charge < -0.3 is 10.4 Å². The summed E-state index contributed by atoms with van der Waals surface area (Å²) < 4.78 is 0. The minimum absolute atomic E-state index is 0.292. The summed E-state index contributed by atoms with van der Waals surface area (Å²) >= 11 is 0. The molecule has 0 amide bonds. The molecule has 0 heterocycles. The van der Waals surface area contributed by atoms with Crippen LogP contribution in [-0.4, -0.2) is 18.3 Å². The lowest BCUT2D eigenvalue weighted by Crippen LogP contribution is -2.03. The first-order valence-corrected chi connectivity index (χ1v) is 6.91. The SMILES string of the molecule is OCCCCCNc1ccccc1-c1ccccc1. The molecule has 0 unspecified atom stereocenters. The molecule has 2 N–H and O–H groups in total. The van der Waals surface area contributed by atoms with E-state index in [1.54, 1.807) is 0 Å². The Morgan fingerprint density at radius 3 is 2.32 bits per heavy atom. The van der Waals surface area contributed by atoms with E-state index in [2.05, 4.69) is 53.8 Å². The Morgan fingerprint density at radius 2 is 1.53 bits per heavy atom. The molecular formula is C17H21NO. The van der Waals surface area contributed by atoms with Gasteiger partial charge in [0.25, 0.3) is 0 Å². The van der Waals surface area contributed by atoms with Gasteiger partial charge in [-0.25, -0.2) is 0 Å². The molecule has 19 heavy (non-hydrogen) atoms. The minimum atomic E-state index is 0.292. The first-order valence-electron chi connectivity index (χ1n) is 6.91. The van der Waals surface area contributed by atoms with Crippen LogP contribution < -0.4 is 5.32 Å². The van der Waals surface area contributed by atoms with Crippen molar-refractivity contribution in [1.82, 2.24) is 0 Å². The van der Waals surface area contributed by atoms with Crippen LogP contribution in [0.2, 0.25) is 0 Å². The zero-order valence-electron chi connectivity index (χ0n) is 11.2. The molecule has 100 valence electrons. The van der Waals surface area contributed by atoms with Crippen LogP contribution in [0.25, 0.3) is 11.1 Å². The highest BCUT2D eigenvalue weighted by molar-refractivity contribution is 5.77. The Balaban J connectivity index is 2.01. The topological polar surface area (TPSA) is 32.3 Å². The summed E-state index contributed by atoms with van der Waals surface area (Å²) in [5.74, 6) is 0. The predicted molar refractivity (Wildman–Crippen MR) is 81.3 cm³/mol. The van der Waals surface area contributed by atoms with E-state index in [1.165, 1.54) is 16.8 Å². The van der Waals surface area contributed by atoms with Gasteiger partial charge in [0.05, 0.1) is 0 Å². The van der Waals surface area contributed by atoms with Crippen LogP contribution in [0.5, 0.6) is 0 Å². The van der Waals surface area contributed by atoms with E-state index < -0.39 is 0 Å². The maximum atomic E-state index is 8.75. The third kappa shape index (κ3) is 4.11. The number of rotatable bonds is 7. The van der Waals surface area contributed by atoms with E-state index in [0.717, 1.165) is 25.8 Å². The lowest BCUT2D eigenvalue weighted by molar-refractivity contribution is 0.283. The number of aliphatic hydroxyl groups excluding tert-OH is 1. The van der Waals surface area contributed by atoms with Gasteiger partial charge >= 0.3 is 0 Å². The van der Waals surface area contributed by atoms with Gasteiger partial charge in [-0.05, 0) is 30.9 Å². The summed E-state index contributed by atoms with van der Waals surface area (Å²) in [7, 11) is 0. The fourth-order valence-electron chi connectivity index (χ4n) is 2.14. The van der Waals surface area contributed by atoms with Crippen molar-refractivity contribution in [3.63, 3.8) is 0 Å². The molecule has 2 heteroatoms. The quantitative estimate of drug-likeness (QED) is 0.735. The highest BCUT2D eigenvalue weighted by Crippen LogP contribution is 2.27. The van der Waals surface area contributed by atoms with Crippen LogP contribution in [-0.2, 0) is 0 Å². The van der Waals surface area contributed by atoms with Crippen LogP contribution >= 0.6 is 0 Å². The molecule has 0 bridgehead atoms. The second-order valence-corrected chi connectivity index (χ2v) is 4.62. The second kappa shape index (κ2) is 7.59. The normalized spacial score (nSPS) is 10.4. The summed E-state index contributed by atoms with van der Waals surface area (Å²) in [4.78, 5) is 0. The Morgan fingerprint density at radius 1 is 0.789 bits per heavy atom. The van der Waals surface area contributed by atoms with Gasteiger partial charge in [0.2, 0.25) is 0 Å². The van der Waals surface area contributed by atoms with E-state index >= 15 is 0 Å². The summed E-state index contributed by atoms with van der Waals surface area (Å²) in [5, 5.41) is 12.2. The fraction of sp³-hybridized carbons (Fsp3) is 0.294. The van der Waals surface area contributed by atoms with E-state index in [4.69, 9.17) is 5.11 Å². The summed E-state index contributed by atoms with van der Waals surface area (Å²) in [5.41, 5.74) is 3.66. The predicted octanol–water partition coefficient (Wildman–Crippen LogP) is 3.93. The molecule has 0 aliphatic heterocycles. The fourth-order valence-corrected chi connectivity index (χ4v) is 2.14. The molecule has 0 radical (unpaired) electrons. The monoisotopic (exact) mass is 255 g/mol. The van der Waals surface area contributed by atoms with Crippen molar-refractivity contribution in [2.45, 2.75) is 19.3 Å². The third-order valence-corrected chi connectivity index (χ3v) is 3.16. The molecule has 0 aliphatic rings. The summed E-state index contributed by atoms with van der Waals surface area (Å²) in [6.45, 7) is 1.24. The number of para-hydroxylation sites is 1. The Labute approximate surface area is 115 Å². The molecule has 0 fully saturated rings. The van der Waals surface area contributed by atoms with Crippen molar-refractivity contribution in [3.8, 4) is 11.1 Å². The Kier molecular flexibility index (Phi) is 5.45. The van der Waals surface area contributed by atoms with Gasteiger partial charge in [0.1, 0.15) is 0 Å². The number of unbranched alkanes of at least 4 members (excludes halogenated alkanes) is 2. The molecular weight excluding hydrogens is 234 g/mol. The number of benzene rings is 2. The maximum Gasteiger partial charge on any atom is 0.0431 e. The van der Waals surface area contributed by atoms with Gasteiger partial charge in [-0.3, -0.25) is 0 Å². The zero-order valence-corrected chi connectivity index (χ0v) is 11.2. The molecule has 0 spiro atoms. The number of hydrogen-bond acceptors (Lipinski definition) is 2. The first-order chi connectivity index (χ1) is 9.42. The van der Waals surface area contributed by atoms with E-state index in [9.17, 15) is 0 Å². The molecule has 2 nitrogen and oxygen atoms in total. The van der Waals surface area contributed by atoms with Crippen molar-refractivity contribution in [2.75, 3.05) is 18.5 Å². The van der Waals surface area contributed by atoms with Gasteiger partial charge in [-0.1, -0.05) is 48.5 Å². The lowest BCUT2D eigenvalue weighted by atomic mass is 10.0. The van der Waals surface area contributed by atoms with Crippen LogP contribution in [0.4, 0.5) is 5.69 Å². The lowest BCUT2D eigenvalue weighted by Gasteiger charge is -2.12. The maximum absolute atomic E-state index is 8.75.